The van der Waals surface area contributed by atoms with Crippen LogP contribution in [0.2, 0.25) is 0 Å². The number of alkyl halides is 3. The first-order valence-electron chi connectivity index (χ1n) is 6.89. The lowest BCUT2D eigenvalue weighted by Gasteiger charge is -2.35. The molecule has 0 aliphatic carbocycles. The molecule has 0 aromatic carbocycles. The fourth-order valence-electron chi connectivity index (χ4n) is 2.33. The van der Waals surface area contributed by atoms with Crippen molar-refractivity contribution in [3.8, 4) is 0 Å². The molecule has 1 fully saturated rings. The molecule has 1 aliphatic heterocycles. The molecule has 1 aromatic heterocycles. The number of halogens is 3. The van der Waals surface area contributed by atoms with Crippen LogP contribution in [-0.4, -0.2) is 60.7 Å². The van der Waals surface area contributed by atoms with Crippen LogP contribution in [0.1, 0.15) is 10.4 Å². The fraction of sp³-hybridized carbons (Fsp3) is 0.538. The summed E-state index contributed by atoms with van der Waals surface area (Å²) in [7, 11) is 0. The minimum Gasteiger partial charge on any atom is -0.398 e. The van der Waals surface area contributed by atoms with Gasteiger partial charge in [-0.2, -0.15) is 13.2 Å². The summed E-state index contributed by atoms with van der Waals surface area (Å²) >= 11 is 0. The molecule has 9 heteroatoms. The predicted molar refractivity (Wildman–Crippen MR) is 75.3 cm³/mol. The Hall–Kier alpha value is -1.87. The number of aromatic nitrogens is 1. The van der Waals surface area contributed by atoms with Gasteiger partial charge in [0, 0.05) is 50.8 Å². The molecule has 0 saturated carbocycles. The molecular weight excluding hydrogens is 299 g/mol. The minimum atomic E-state index is -4.41. The third kappa shape index (κ3) is 4.08. The zero-order valence-corrected chi connectivity index (χ0v) is 11.9. The SMILES string of the molecule is Nc1ccncc1C(=O)NCC(N1CCNCC1)C(F)(F)F. The van der Waals surface area contributed by atoms with Crippen molar-refractivity contribution in [1.82, 2.24) is 20.5 Å². The van der Waals surface area contributed by atoms with Crippen molar-refractivity contribution in [3.63, 3.8) is 0 Å². The Kier molecular flexibility index (Phi) is 5.19. The van der Waals surface area contributed by atoms with Crippen LogP contribution >= 0.6 is 0 Å². The van der Waals surface area contributed by atoms with Gasteiger partial charge in [0.1, 0.15) is 6.04 Å². The highest BCUT2D eigenvalue weighted by atomic mass is 19.4. The third-order valence-corrected chi connectivity index (χ3v) is 3.53. The Morgan fingerprint density at radius 2 is 2.14 bits per heavy atom. The molecular formula is C13H18F3N5O. The molecule has 1 unspecified atom stereocenters. The molecule has 122 valence electrons. The largest absolute Gasteiger partial charge is 0.405 e. The van der Waals surface area contributed by atoms with E-state index in [1.165, 1.54) is 23.4 Å². The Morgan fingerprint density at radius 1 is 1.45 bits per heavy atom. The summed E-state index contributed by atoms with van der Waals surface area (Å²) in [6.07, 6.45) is -1.77. The number of carbonyl (C=O) groups is 1. The van der Waals surface area contributed by atoms with Crippen molar-refractivity contribution in [2.45, 2.75) is 12.2 Å². The van der Waals surface area contributed by atoms with Crippen LogP contribution in [0.4, 0.5) is 18.9 Å². The lowest BCUT2D eigenvalue weighted by atomic mass is 10.2. The molecule has 1 aromatic rings. The standard InChI is InChI=1S/C13H18F3N5O/c14-13(15,16)11(21-5-3-18-4-6-21)8-20-12(22)9-7-19-2-1-10(9)17/h1-2,7,11,18H,3-6,8H2,(H2,17,19)(H,20,22). The molecule has 0 radical (unpaired) electrons. The summed E-state index contributed by atoms with van der Waals surface area (Å²) in [5, 5.41) is 5.30. The molecule has 1 atom stereocenters. The van der Waals surface area contributed by atoms with Gasteiger partial charge in [-0.05, 0) is 6.07 Å². The van der Waals surface area contributed by atoms with Crippen LogP contribution in [0.3, 0.4) is 0 Å². The number of nitrogens with two attached hydrogens (primary N) is 1. The lowest BCUT2D eigenvalue weighted by Crippen LogP contribution is -2.57. The maximum Gasteiger partial charge on any atom is 0.405 e. The van der Waals surface area contributed by atoms with E-state index < -0.39 is 24.7 Å². The Labute approximate surface area is 125 Å². The van der Waals surface area contributed by atoms with E-state index >= 15 is 0 Å². The van der Waals surface area contributed by atoms with Crippen molar-refractivity contribution < 1.29 is 18.0 Å². The number of carbonyl (C=O) groups excluding carboxylic acids is 1. The zero-order valence-electron chi connectivity index (χ0n) is 11.9. The van der Waals surface area contributed by atoms with Crippen LogP contribution in [0, 0.1) is 0 Å². The molecule has 0 bridgehead atoms. The lowest BCUT2D eigenvalue weighted by molar-refractivity contribution is -0.183. The highest BCUT2D eigenvalue weighted by Crippen LogP contribution is 2.25. The van der Waals surface area contributed by atoms with E-state index in [1.807, 2.05) is 0 Å². The molecule has 2 heterocycles. The summed E-state index contributed by atoms with van der Waals surface area (Å²) in [6, 6.07) is -0.289. The van der Waals surface area contributed by atoms with Crippen molar-refractivity contribution in [1.29, 1.82) is 0 Å². The molecule has 0 spiro atoms. The maximum atomic E-state index is 13.2. The summed E-state index contributed by atoms with van der Waals surface area (Å²) in [5.41, 5.74) is 5.87. The van der Waals surface area contributed by atoms with E-state index in [0.29, 0.717) is 13.1 Å². The van der Waals surface area contributed by atoms with E-state index in [2.05, 4.69) is 15.6 Å². The first kappa shape index (κ1) is 16.5. The van der Waals surface area contributed by atoms with Crippen molar-refractivity contribution in [2.24, 2.45) is 0 Å². The van der Waals surface area contributed by atoms with Gasteiger partial charge in [-0.15, -0.1) is 0 Å². The van der Waals surface area contributed by atoms with Gasteiger partial charge in [-0.25, -0.2) is 0 Å². The normalized spacial score (nSPS) is 18.0. The van der Waals surface area contributed by atoms with Gasteiger partial charge >= 0.3 is 6.18 Å². The van der Waals surface area contributed by atoms with Gasteiger partial charge in [-0.3, -0.25) is 14.7 Å². The molecule has 22 heavy (non-hydrogen) atoms. The second kappa shape index (κ2) is 6.93. The quantitative estimate of drug-likeness (QED) is 0.740. The fourth-order valence-corrected chi connectivity index (χ4v) is 2.33. The number of hydrogen-bond donors (Lipinski definition) is 3. The Morgan fingerprint density at radius 3 is 2.73 bits per heavy atom. The number of amides is 1. The van der Waals surface area contributed by atoms with E-state index in [0.717, 1.165) is 0 Å². The van der Waals surface area contributed by atoms with Crippen molar-refractivity contribution >= 4 is 11.6 Å². The van der Waals surface area contributed by atoms with Crippen LogP contribution in [0.5, 0.6) is 0 Å². The Balaban J connectivity index is 2.02. The number of rotatable bonds is 4. The Bertz CT molecular complexity index is 517. The van der Waals surface area contributed by atoms with Gasteiger partial charge in [0.15, 0.2) is 0 Å². The van der Waals surface area contributed by atoms with Gasteiger partial charge in [0.25, 0.3) is 5.91 Å². The van der Waals surface area contributed by atoms with Gasteiger partial charge < -0.3 is 16.4 Å². The number of hydrogen-bond acceptors (Lipinski definition) is 5. The van der Waals surface area contributed by atoms with Crippen LogP contribution in [-0.2, 0) is 0 Å². The van der Waals surface area contributed by atoms with E-state index in [1.54, 1.807) is 0 Å². The zero-order chi connectivity index (χ0) is 16.2. The van der Waals surface area contributed by atoms with Gasteiger partial charge in [-0.1, -0.05) is 0 Å². The number of nitrogens with one attached hydrogen (secondary N) is 2. The minimum absolute atomic E-state index is 0.0729. The van der Waals surface area contributed by atoms with Gasteiger partial charge in [0.05, 0.1) is 5.56 Å². The number of nitrogens with zero attached hydrogens (tertiary/aromatic N) is 2. The second-order valence-corrected chi connectivity index (χ2v) is 5.02. The molecule has 1 amide bonds. The topological polar surface area (TPSA) is 83.3 Å². The third-order valence-electron chi connectivity index (χ3n) is 3.53. The second-order valence-electron chi connectivity index (χ2n) is 5.02. The van der Waals surface area contributed by atoms with Crippen LogP contribution in [0.25, 0.3) is 0 Å². The summed E-state index contributed by atoms with van der Waals surface area (Å²) < 4.78 is 39.6. The summed E-state index contributed by atoms with van der Waals surface area (Å²) in [5.74, 6) is -0.657. The highest BCUT2D eigenvalue weighted by Gasteiger charge is 2.43. The molecule has 2 rings (SSSR count). The van der Waals surface area contributed by atoms with E-state index in [-0.39, 0.29) is 24.3 Å². The molecule has 4 N–H and O–H groups in total. The first-order valence-corrected chi connectivity index (χ1v) is 6.89. The van der Waals surface area contributed by atoms with Crippen LogP contribution < -0.4 is 16.4 Å². The molecule has 6 nitrogen and oxygen atoms in total. The highest BCUT2D eigenvalue weighted by molar-refractivity contribution is 5.98. The summed E-state index contributed by atoms with van der Waals surface area (Å²) in [4.78, 5) is 17.0. The predicted octanol–water partition coefficient (Wildman–Crippen LogP) is 0.230. The monoisotopic (exact) mass is 317 g/mol. The van der Waals surface area contributed by atoms with Gasteiger partial charge in [0.2, 0.25) is 0 Å². The smallest absolute Gasteiger partial charge is 0.398 e. The van der Waals surface area contributed by atoms with Crippen molar-refractivity contribution in [3.05, 3.63) is 24.0 Å². The number of nitrogen functional groups attached to an aromatic ring is 1. The number of pyridine rings is 1. The first-order chi connectivity index (χ1) is 10.4. The number of anilines is 1. The molecule has 1 saturated heterocycles. The van der Waals surface area contributed by atoms with Crippen LogP contribution in [0.15, 0.2) is 18.5 Å². The molecule has 1 aliphatic rings. The average Bonchev–Trinajstić information content (AvgIpc) is 2.47. The van der Waals surface area contributed by atoms with E-state index in [9.17, 15) is 18.0 Å². The van der Waals surface area contributed by atoms with Crippen molar-refractivity contribution in [2.75, 3.05) is 38.5 Å². The average molecular weight is 317 g/mol. The maximum absolute atomic E-state index is 13.2. The number of piperazine rings is 1. The summed E-state index contributed by atoms with van der Waals surface area (Å²) in [6.45, 7) is 1.05. The van der Waals surface area contributed by atoms with E-state index in [4.69, 9.17) is 5.73 Å².